The normalized spacial score (nSPS) is 10.3. The topological polar surface area (TPSA) is 66.8 Å². The molecule has 0 saturated heterocycles. The third kappa shape index (κ3) is 6.22. The molecule has 5 nitrogen and oxygen atoms in total. The summed E-state index contributed by atoms with van der Waals surface area (Å²) < 4.78 is 5.50. The van der Waals surface area contributed by atoms with E-state index in [2.05, 4.69) is 0 Å². The minimum absolute atomic E-state index is 0.160. The van der Waals surface area contributed by atoms with Crippen molar-refractivity contribution in [2.75, 3.05) is 13.2 Å². The highest BCUT2D eigenvalue weighted by Gasteiger charge is 2.16. The van der Waals surface area contributed by atoms with Gasteiger partial charge in [0.1, 0.15) is 6.54 Å². The molecular weight excluding hydrogens is 306 g/mol. The largest absolute Gasteiger partial charge is 0.480 e. The highest BCUT2D eigenvalue weighted by molar-refractivity contribution is 5.81. The zero-order valence-corrected chi connectivity index (χ0v) is 13.4. The molecule has 24 heavy (non-hydrogen) atoms. The highest BCUT2D eigenvalue weighted by Crippen LogP contribution is 2.07. The number of rotatable bonds is 9. The van der Waals surface area contributed by atoms with Gasteiger partial charge in [-0.05, 0) is 11.1 Å². The molecule has 0 aliphatic carbocycles. The number of benzene rings is 2. The van der Waals surface area contributed by atoms with Crippen LogP contribution in [0.5, 0.6) is 0 Å². The van der Waals surface area contributed by atoms with E-state index in [-0.39, 0.29) is 32.0 Å². The summed E-state index contributed by atoms with van der Waals surface area (Å²) in [6.45, 7) is 0.668. The first kappa shape index (κ1) is 17.7. The lowest BCUT2D eigenvalue weighted by atomic mass is 10.2. The molecule has 0 unspecified atom stereocenters. The van der Waals surface area contributed by atoms with Crippen molar-refractivity contribution in [1.29, 1.82) is 0 Å². The molecule has 0 aliphatic rings. The molecule has 0 spiro atoms. The molecule has 1 amide bonds. The van der Waals surface area contributed by atoms with Crippen LogP contribution >= 0.6 is 0 Å². The van der Waals surface area contributed by atoms with Gasteiger partial charge in [-0.15, -0.1) is 0 Å². The van der Waals surface area contributed by atoms with Crippen LogP contribution in [0.1, 0.15) is 17.5 Å². The van der Waals surface area contributed by atoms with Crippen LogP contribution < -0.4 is 0 Å². The Hall–Kier alpha value is -2.66. The zero-order valence-electron chi connectivity index (χ0n) is 13.4. The predicted octanol–water partition coefficient (Wildman–Crippen LogP) is 2.71. The van der Waals surface area contributed by atoms with Gasteiger partial charge < -0.3 is 14.7 Å². The van der Waals surface area contributed by atoms with Crippen LogP contribution in [0.2, 0.25) is 0 Å². The summed E-state index contributed by atoms with van der Waals surface area (Å²) >= 11 is 0. The van der Waals surface area contributed by atoms with Crippen molar-refractivity contribution in [2.24, 2.45) is 0 Å². The molecule has 0 radical (unpaired) electrons. The smallest absolute Gasteiger partial charge is 0.323 e. The van der Waals surface area contributed by atoms with Crippen molar-refractivity contribution < 1.29 is 19.4 Å². The monoisotopic (exact) mass is 327 g/mol. The molecule has 0 aromatic heterocycles. The van der Waals surface area contributed by atoms with E-state index in [4.69, 9.17) is 9.84 Å². The molecule has 126 valence electrons. The van der Waals surface area contributed by atoms with E-state index in [0.717, 1.165) is 11.1 Å². The van der Waals surface area contributed by atoms with E-state index in [1.54, 1.807) is 0 Å². The number of carbonyl (C=O) groups is 2. The molecule has 1 N–H and O–H groups in total. The number of amides is 1. The Morgan fingerprint density at radius 1 is 0.917 bits per heavy atom. The third-order valence-electron chi connectivity index (χ3n) is 3.47. The van der Waals surface area contributed by atoms with Gasteiger partial charge in [-0.25, -0.2) is 0 Å². The summed E-state index contributed by atoms with van der Waals surface area (Å²) in [4.78, 5) is 24.6. The van der Waals surface area contributed by atoms with Gasteiger partial charge in [0, 0.05) is 6.54 Å². The Labute approximate surface area is 141 Å². The number of ether oxygens (including phenoxy) is 1. The molecule has 0 aliphatic heterocycles. The quantitative estimate of drug-likeness (QED) is 0.719. The Morgan fingerprint density at radius 2 is 1.50 bits per heavy atom. The summed E-state index contributed by atoms with van der Waals surface area (Å²) in [5.74, 6) is -1.25. The summed E-state index contributed by atoms with van der Waals surface area (Å²) in [5.41, 5.74) is 1.94. The molecule has 2 rings (SSSR count). The van der Waals surface area contributed by atoms with Crippen molar-refractivity contribution in [3.8, 4) is 0 Å². The zero-order chi connectivity index (χ0) is 17.2. The Kier molecular flexibility index (Phi) is 6.98. The van der Waals surface area contributed by atoms with E-state index in [0.29, 0.717) is 6.61 Å². The van der Waals surface area contributed by atoms with Crippen LogP contribution in [0.15, 0.2) is 60.7 Å². The molecule has 5 heteroatoms. The maximum Gasteiger partial charge on any atom is 0.323 e. The molecule has 2 aromatic carbocycles. The van der Waals surface area contributed by atoms with Crippen LogP contribution in [0.3, 0.4) is 0 Å². The van der Waals surface area contributed by atoms with Gasteiger partial charge in [0.25, 0.3) is 0 Å². The first-order valence-corrected chi connectivity index (χ1v) is 7.80. The van der Waals surface area contributed by atoms with E-state index in [1.807, 2.05) is 60.7 Å². The number of hydrogen-bond donors (Lipinski definition) is 1. The van der Waals surface area contributed by atoms with E-state index in [9.17, 15) is 9.59 Å². The first-order chi connectivity index (χ1) is 11.6. The van der Waals surface area contributed by atoms with Crippen molar-refractivity contribution in [2.45, 2.75) is 19.6 Å². The van der Waals surface area contributed by atoms with Gasteiger partial charge in [-0.3, -0.25) is 9.59 Å². The van der Waals surface area contributed by atoms with Crippen molar-refractivity contribution in [3.05, 3.63) is 71.8 Å². The maximum atomic E-state index is 12.3. The average molecular weight is 327 g/mol. The molecule has 0 heterocycles. The lowest BCUT2D eigenvalue weighted by Crippen LogP contribution is -2.35. The minimum atomic E-state index is -1.02. The van der Waals surface area contributed by atoms with Crippen LogP contribution in [0.25, 0.3) is 0 Å². The number of carboxylic acids is 1. The van der Waals surface area contributed by atoms with Crippen LogP contribution in [0, 0.1) is 0 Å². The molecule has 2 aromatic rings. The van der Waals surface area contributed by atoms with Gasteiger partial charge in [-0.1, -0.05) is 60.7 Å². The fourth-order valence-electron chi connectivity index (χ4n) is 2.28. The Morgan fingerprint density at radius 3 is 2.08 bits per heavy atom. The van der Waals surface area contributed by atoms with Crippen LogP contribution in [0.4, 0.5) is 0 Å². The third-order valence-corrected chi connectivity index (χ3v) is 3.47. The Bertz CT molecular complexity index is 643. The average Bonchev–Trinajstić information content (AvgIpc) is 2.59. The van der Waals surface area contributed by atoms with Gasteiger partial charge in [-0.2, -0.15) is 0 Å². The molecule has 0 bridgehead atoms. The number of carbonyl (C=O) groups excluding carboxylic acids is 1. The van der Waals surface area contributed by atoms with E-state index >= 15 is 0 Å². The SMILES string of the molecule is O=C(O)CN(Cc1ccccc1)C(=O)CCOCc1ccccc1. The summed E-state index contributed by atoms with van der Waals surface area (Å²) in [7, 11) is 0. The second kappa shape index (κ2) is 9.47. The standard InChI is InChI=1S/C19H21NO4/c21-18(11-12-24-15-17-9-5-2-6-10-17)20(14-19(22)23)13-16-7-3-1-4-8-16/h1-10H,11-15H2,(H,22,23). The number of nitrogens with zero attached hydrogens (tertiary/aromatic N) is 1. The lowest BCUT2D eigenvalue weighted by Gasteiger charge is -2.21. The fourth-order valence-corrected chi connectivity index (χ4v) is 2.28. The first-order valence-electron chi connectivity index (χ1n) is 7.80. The van der Waals surface area contributed by atoms with Crippen molar-refractivity contribution in [1.82, 2.24) is 4.90 Å². The number of carboxylic acid groups (broad SMARTS) is 1. The van der Waals surface area contributed by atoms with Crippen molar-refractivity contribution in [3.63, 3.8) is 0 Å². The van der Waals surface area contributed by atoms with Gasteiger partial charge in [0.15, 0.2) is 0 Å². The summed E-state index contributed by atoms with van der Waals surface area (Å²) in [6.07, 6.45) is 0.160. The molecule has 0 fully saturated rings. The van der Waals surface area contributed by atoms with E-state index in [1.165, 1.54) is 4.90 Å². The summed E-state index contributed by atoms with van der Waals surface area (Å²) in [6, 6.07) is 19.0. The van der Waals surface area contributed by atoms with E-state index < -0.39 is 5.97 Å². The number of aliphatic carboxylic acids is 1. The van der Waals surface area contributed by atoms with Crippen LogP contribution in [-0.2, 0) is 27.5 Å². The second-order valence-corrected chi connectivity index (χ2v) is 5.42. The van der Waals surface area contributed by atoms with Gasteiger partial charge in [0.2, 0.25) is 5.91 Å². The predicted molar refractivity (Wildman–Crippen MR) is 90.2 cm³/mol. The number of hydrogen-bond acceptors (Lipinski definition) is 3. The molecular formula is C19H21NO4. The molecule has 0 atom stereocenters. The summed E-state index contributed by atoms with van der Waals surface area (Å²) in [5, 5.41) is 9.01. The highest BCUT2D eigenvalue weighted by atomic mass is 16.5. The molecule has 0 saturated carbocycles. The van der Waals surface area contributed by atoms with Gasteiger partial charge in [0.05, 0.1) is 19.6 Å². The van der Waals surface area contributed by atoms with Crippen molar-refractivity contribution >= 4 is 11.9 Å². The maximum absolute atomic E-state index is 12.3. The minimum Gasteiger partial charge on any atom is -0.480 e. The second-order valence-electron chi connectivity index (χ2n) is 5.42. The van der Waals surface area contributed by atoms with Gasteiger partial charge >= 0.3 is 5.97 Å². The lowest BCUT2D eigenvalue weighted by molar-refractivity contribution is -0.145. The van der Waals surface area contributed by atoms with Crippen LogP contribution in [-0.4, -0.2) is 35.0 Å². The fraction of sp³-hybridized carbons (Fsp3) is 0.263. The Balaban J connectivity index is 1.82.